The van der Waals surface area contributed by atoms with Crippen LogP contribution < -0.4 is 20.9 Å². The Kier molecular flexibility index (Phi) is 10.9. The van der Waals surface area contributed by atoms with Crippen LogP contribution in [0.2, 0.25) is 0 Å². The summed E-state index contributed by atoms with van der Waals surface area (Å²) in [4.78, 5) is 58.9. The van der Waals surface area contributed by atoms with E-state index in [1.807, 2.05) is 0 Å². The summed E-state index contributed by atoms with van der Waals surface area (Å²) in [7, 11) is 3.18. The number of benzene rings is 2. The first kappa shape index (κ1) is 42.1. The Bertz CT molecular complexity index is 2420. The molecular weight excluding hydrogens is 827 g/mol. The van der Waals surface area contributed by atoms with Gasteiger partial charge >= 0.3 is 0 Å². The van der Waals surface area contributed by atoms with Crippen molar-refractivity contribution in [1.82, 2.24) is 19.8 Å². The minimum atomic E-state index is -1.97. The Hall–Kier alpha value is -6.00. The molecule has 2 fully saturated rings. The van der Waals surface area contributed by atoms with Crippen LogP contribution in [0.3, 0.4) is 0 Å². The highest BCUT2D eigenvalue weighted by Gasteiger charge is 2.44. The molecule has 8 rings (SSSR count). The number of primary amides is 2. The Balaban J connectivity index is 0.000000181. The predicted octanol–water partition coefficient (Wildman–Crippen LogP) is 0.806. The molecule has 2 aromatic heterocycles. The van der Waals surface area contributed by atoms with E-state index in [2.05, 4.69) is 33.6 Å². The lowest BCUT2D eigenvalue weighted by atomic mass is 9.99. The lowest BCUT2D eigenvalue weighted by molar-refractivity contribution is -0.138. The van der Waals surface area contributed by atoms with E-state index in [0.29, 0.717) is 46.8 Å². The number of thiazole rings is 2. The number of rotatable bonds is 4. The largest absolute Gasteiger partial charge is 0.489 e. The van der Waals surface area contributed by atoms with Crippen molar-refractivity contribution in [3.8, 4) is 57.7 Å². The Morgan fingerprint density at radius 1 is 0.733 bits per heavy atom. The van der Waals surface area contributed by atoms with Gasteiger partial charge in [-0.25, -0.2) is 18.7 Å². The molecule has 4 aromatic rings. The van der Waals surface area contributed by atoms with Crippen molar-refractivity contribution >= 4 is 46.3 Å². The van der Waals surface area contributed by atoms with Gasteiger partial charge in [0.1, 0.15) is 38.1 Å². The molecule has 20 heteroatoms. The van der Waals surface area contributed by atoms with Crippen molar-refractivity contribution in [3.63, 3.8) is 0 Å². The Morgan fingerprint density at radius 2 is 1.12 bits per heavy atom. The quantitative estimate of drug-likeness (QED) is 0.156. The molecular formula is C40H36F2N6O10S2. The molecule has 16 nitrogen and oxygen atoms in total. The summed E-state index contributed by atoms with van der Waals surface area (Å²) in [5.41, 5.74) is 5.23. The minimum Gasteiger partial charge on any atom is -0.489 e. The number of nitrogens with two attached hydrogens (primary N) is 2. The number of hydrogen-bond donors (Lipinski definition) is 6. The molecule has 312 valence electrons. The van der Waals surface area contributed by atoms with Crippen molar-refractivity contribution in [2.45, 2.75) is 35.2 Å². The van der Waals surface area contributed by atoms with Gasteiger partial charge in [0.2, 0.25) is 11.2 Å². The molecule has 6 heterocycles. The predicted molar refractivity (Wildman–Crippen MR) is 211 cm³/mol. The number of carbonyl (C=O) groups is 4. The maximum Gasteiger partial charge on any atom is 0.277 e. The zero-order valence-electron chi connectivity index (χ0n) is 31.9. The van der Waals surface area contributed by atoms with Gasteiger partial charge in [-0.05, 0) is 36.4 Å². The van der Waals surface area contributed by atoms with Crippen molar-refractivity contribution in [1.29, 1.82) is 0 Å². The first-order chi connectivity index (χ1) is 28.3. The van der Waals surface area contributed by atoms with Crippen LogP contribution in [0.1, 0.15) is 53.3 Å². The molecule has 0 aliphatic carbocycles. The molecule has 4 aliphatic heterocycles. The summed E-state index contributed by atoms with van der Waals surface area (Å²) in [6.07, 6.45) is 0.399. The standard InChI is InChI=1S/2C20H18FN3O5S/c2*1-24-7-6-19(27,18(24)26)5-4-11-2-3-13-12(8-11)14-15(20(28,9-21)10-29-13)30-17(23-14)16(22)25/h2*2-3,8,27-28H,6-7,9-10H2,1H3,(H2,22,25)/t19-,20+;19-,20-/m00/s1. The highest BCUT2D eigenvalue weighted by molar-refractivity contribution is 7.14. The fourth-order valence-corrected chi connectivity index (χ4v) is 8.67. The monoisotopic (exact) mass is 862 g/mol. The Morgan fingerprint density at radius 3 is 1.43 bits per heavy atom. The number of aromatic nitrogens is 2. The molecule has 4 aliphatic rings. The molecule has 2 saturated heterocycles. The third-order valence-electron chi connectivity index (χ3n) is 10.2. The fraction of sp³-hybridized carbons (Fsp3) is 0.350. The van der Waals surface area contributed by atoms with Gasteiger partial charge in [0.15, 0.2) is 21.2 Å². The lowest BCUT2D eigenvalue weighted by Gasteiger charge is -2.21. The van der Waals surface area contributed by atoms with Crippen LogP contribution in [-0.4, -0.2) is 129 Å². The second kappa shape index (κ2) is 15.6. The van der Waals surface area contributed by atoms with Crippen molar-refractivity contribution < 1.29 is 57.9 Å². The average molecular weight is 863 g/mol. The summed E-state index contributed by atoms with van der Waals surface area (Å²) in [6, 6.07) is 9.54. The van der Waals surface area contributed by atoms with E-state index in [4.69, 9.17) is 20.9 Å². The van der Waals surface area contributed by atoms with E-state index < -0.39 is 59.4 Å². The van der Waals surface area contributed by atoms with Crippen LogP contribution in [-0.2, 0) is 20.8 Å². The number of likely N-dealkylation sites (tertiary alicyclic amines) is 2. The molecule has 4 amide bonds. The maximum atomic E-state index is 13.7. The van der Waals surface area contributed by atoms with Crippen LogP contribution in [0.15, 0.2) is 36.4 Å². The number of nitrogens with zero attached hydrogens (tertiary/aromatic N) is 4. The third kappa shape index (κ3) is 7.53. The SMILES string of the molecule is CN1CC[C@@](O)(C#Cc2ccc3c(c2)-c2nc(C(N)=O)sc2[C@@](O)(CF)CO3)C1=O.CN1CC[C@@](O)(C#Cc2ccc3c(c2)-c2nc(C(N)=O)sc2[C@](O)(CF)CO3)C1=O. The molecule has 0 unspecified atom stereocenters. The smallest absolute Gasteiger partial charge is 0.277 e. The molecule has 0 radical (unpaired) electrons. The van der Waals surface area contributed by atoms with Crippen LogP contribution in [0.4, 0.5) is 8.78 Å². The van der Waals surface area contributed by atoms with E-state index in [1.54, 1.807) is 50.5 Å². The van der Waals surface area contributed by atoms with E-state index in [-0.39, 0.29) is 57.2 Å². The minimum absolute atomic E-state index is 0.0647. The van der Waals surface area contributed by atoms with Gasteiger partial charge in [-0.15, -0.1) is 22.7 Å². The number of halogens is 2. The van der Waals surface area contributed by atoms with Gasteiger partial charge in [-0.2, -0.15) is 0 Å². The number of likely N-dealkylation sites (N-methyl/N-ethyl adjacent to an activating group) is 2. The van der Waals surface area contributed by atoms with Crippen molar-refractivity contribution in [3.05, 3.63) is 67.3 Å². The van der Waals surface area contributed by atoms with E-state index in [1.165, 1.54) is 9.80 Å². The first-order valence-electron chi connectivity index (χ1n) is 18.1. The van der Waals surface area contributed by atoms with Crippen LogP contribution in [0, 0.1) is 23.7 Å². The normalized spacial score (nSPS) is 24.9. The summed E-state index contributed by atoms with van der Waals surface area (Å²) >= 11 is 1.62. The molecule has 0 bridgehead atoms. The average Bonchev–Trinajstić information content (AvgIpc) is 3.99. The molecule has 2 aromatic carbocycles. The van der Waals surface area contributed by atoms with Gasteiger partial charge < -0.3 is 51.2 Å². The number of amides is 4. The lowest BCUT2D eigenvalue weighted by Crippen LogP contribution is -2.37. The molecule has 0 spiro atoms. The van der Waals surface area contributed by atoms with E-state index in [9.17, 15) is 48.4 Å². The van der Waals surface area contributed by atoms with Crippen molar-refractivity contribution in [2.24, 2.45) is 11.5 Å². The molecule has 60 heavy (non-hydrogen) atoms. The van der Waals surface area contributed by atoms with Gasteiger partial charge in [0.25, 0.3) is 23.6 Å². The summed E-state index contributed by atoms with van der Waals surface area (Å²) in [6.45, 7) is -2.19. The van der Waals surface area contributed by atoms with Gasteiger partial charge in [-0.3, -0.25) is 19.2 Å². The number of hydrogen-bond acceptors (Lipinski definition) is 14. The first-order valence-corrected chi connectivity index (χ1v) is 19.7. The zero-order chi connectivity index (χ0) is 43.4. The molecule has 0 saturated carbocycles. The number of aliphatic hydroxyl groups is 4. The van der Waals surface area contributed by atoms with Crippen LogP contribution >= 0.6 is 22.7 Å². The molecule has 8 N–H and O–H groups in total. The van der Waals surface area contributed by atoms with E-state index >= 15 is 0 Å². The summed E-state index contributed by atoms with van der Waals surface area (Å²) < 4.78 is 38.5. The summed E-state index contributed by atoms with van der Waals surface area (Å²) in [5, 5.41) is 42.2. The summed E-state index contributed by atoms with van der Waals surface area (Å²) in [5.74, 6) is 8.95. The number of fused-ring (bicyclic) bond motifs is 6. The zero-order valence-corrected chi connectivity index (χ0v) is 33.5. The van der Waals surface area contributed by atoms with Gasteiger partial charge in [-0.1, -0.05) is 23.7 Å². The van der Waals surface area contributed by atoms with E-state index in [0.717, 1.165) is 22.7 Å². The third-order valence-corrected chi connectivity index (χ3v) is 12.7. The number of alkyl halides is 2. The maximum absolute atomic E-state index is 13.7. The highest BCUT2D eigenvalue weighted by Crippen LogP contribution is 2.45. The van der Waals surface area contributed by atoms with Crippen LogP contribution in [0.5, 0.6) is 11.5 Å². The Labute approximate surface area is 348 Å². The second-order valence-electron chi connectivity index (χ2n) is 14.6. The fourth-order valence-electron chi connectivity index (χ4n) is 6.70. The highest BCUT2D eigenvalue weighted by atomic mass is 32.1. The van der Waals surface area contributed by atoms with Gasteiger partial charge in [0.05, 0.1) is 21.1 Å². The topological polar surface area (TPSA) is 252 Å². The van der Waals surface area contributed by atoms with Gasteiger partial charge in [0, 0.05) is 62.3 Å². The number of ether oxygens (including phenoxy) is 2. The number of carbonyl (C=O) groups excluding carboxylic acids is 4. The van der Waals surface area contributed by atoms with Crippen LogP contribution in [0.25, 0.3) is 22.5 Å². The molecule has 4 atom stereocenters. The second-order valence-corrected chi connectivity index (χ2v) is 16.6. The van der Waals surface area contributed by atoms with Crippen molar-refractivity contribution in [2.75, 3.05) is 53.7 Å².